The molecular weight excluding hydrogens is 385 g/mol. The maximum atomic E-state index is 13.0. The van der Waals surface area contributed by atoms with Crippen LogP contribution in [0.2, 0.25) is 0 Å². The zero-order valence-corrected chi connectivity index (χ0v) is 18.5. The monoisotopic (exact) mass is 417 g/mol. The summed E-state index contributed by atoms with van der Waals surface area (Å²) in [6.07, 6.45) is 11.0. The molecule has 0 aliphatic carbocycles. The van der Waals surface area contributed by atoms with E-state index >= 15 is 0 Å². The number of allylic oxidation sites excluding steroid dienone is 6. The molecule has 162 valence electrons. The number of benzene rings is 2. The minimum atomic E-state index is -0.240. The molecule has 0 bridgehead atoms. The molecule has 0 saturated carbocycles. The van der Waals surface area contributed by atoms with Crippen LogP contribution in [-0.2, 0) is 0 Å². The molecule has 3 rings (SSSR count). The van der Waals surface area contributed by atoms with E-state index in [1.807, 2.05) is 18.2 Å². The SMILES string of the molecule is C=C/C=C(C)\C=C/CC(=C)CC.C=C1CC(c2ccc(O)cc2)N1c1ccc(F)cc1. The summed E-state index contributed by atoms with van der Waals surface area (Å²) < 4.78 is 13.0. The van der Waals surface area contributed by atoms with Crippen molar-refractivity contribution in [3.63, 3.8) is 0 Å². The summed E-state index contributed by atoms with van der Waals surface area (Å²) in [6.45, 7) is 15.8. The van der Waals surface area contributed by atoms with Crippen molar-refractivity contribution in [2.24, 2.45) is 0 Å². The van der Waals surface area contributed by atoms with E-state index in [4.69, 9.17) is 0 Å². The number of aromatic hydroxyl groups is 1. The van der Waals surface area contributed by atoms with Gasteiger partial charge in [0.05, 0.1) is 6.04 Å². The number of halogens is 1. The second kappa shape index (κ2) is 11.8. The van der Waals surface area contributed by atoms with Crippen LogP contribution in [0.3, 0.4) is 0 Å². The fraction of sp³-hybridized carbons (Fsp3) is 0.214. The molecule has 1 saturated heterocycles. The van der Waals surface area contributed by atoms with Crippen molar-refractivity contribution in [2.75, 3.05) is 4.90 Å². The van der Waals surface area contributed by atoms with Gasteiger partial charge in [-0.2, -0.15) is 0 Å². The predicted octanol–water partition coefficient (Wildman–Crippen LogP) is 8.03. The molecule has 0 radical (unpaired) electrons. The zero-order valence-electron chi connectivity index (χ0n) is 18.5. The molecule has 2 aromatic carbocycles. The van der Waals surface area contributed by atoms with E-state index in [0.29, 0.717) is 0 Å². The molecule has 1 aliphatic heterocycles. The Bertz CT molecular complexity index is 952. The molecule has 2 nitrogen and oxygen atoms in total. The van der Waals surface area contributed by atoms with Gasteiger partial charge in [-0.3, -0.25) is 0 Å². The van der Waals surface area contributed by atoms with Gasteiger partial charge in [-0.25, -0.2) is 4.39 Å². The van der Waals surface area contributed by atoms with Gasteiger partial charge in [-0.05, 0) is 61.7 Å². The van der Waals surface area contributed by atoms with E-state index in [-0.39, 0.29) is 17.6 Å². The van der Waals surface area contributed by atoms with Crippen LogP contribution in [-0.4, -0.2) is 5.11 Å². The fourth-order valence-electron chi connectivity index (χ4n) is 3.25. The molecule has 0 amide bonds. The van der Waals surface area contributed by atoms with Crippen LogP contribution in [0, 0.1) is 5.82 Å². The average molecular weight is 418 g/mol. The minimum absolute atomic E-state index is 0.207. The molecule has 0 spiro atoms. The summed E-state index contributed by atoms with van der Waals surface area (Å²) in [5.74, 6) is 0.0197. The Labute approximate surface area is 186 Å². The lowest BCUT2D eigenvalue weighted by Crippen LogP contribution is -2.38. The van der Waals surface area contributed by atoms with E-state index in [1.165, 1.54) is 23.3 Å². The van der Waals surface area contributed by atoms with Gasteiger partial charge in [-0.1, -0.05) is 74.2 Å². The minimum Gasteiger partial charge on any atom is -0.508 e. The number of anilines is 1. The van der Waals surface area contributed by atoms with E-state index in [1.54, 1.807) is 30.3 Å². The average Bonchev–Trinajstić information content (AvgIpc) is 2.75. The second-order valence-corrected chi connectivity index (χ2v) is 7.58. The third kappa shape index (κ3) is 7.14. The van der Waals surface area contributed by atoms with Crippen molar-refractivity contribution in [1.29, 1.82) is 0 Å². The third-order valence-corrected chi connectivity index (χ3v) is 5.13. The molecule has 1 heterocycles. The Morgan fingerprint density at radius 3 is 2.35 bits per heavy atom. The van der Waals surface area contributed by atoms with Crippen LogP contribution in [0.1, 0.15) is 44.7 Å². The molecule has 1 atom stereocenters. The summed E-state index contributed by atoms with van der Waals surface area (Å²) in [6, 6.07) is 13.8. The van der Waals surface area contributed by atoms with Crippen molar-refractivity contribution in [1.82, 2.24) is 0 Å². The van der Waals surface area contributed by atoms with Crippen molar-refractivity contribution < 1.29 is 9.50 Å². The van der Waals surface area contributed by atoms with Gasteiger partial charge in [0.25, 0.3) is 0 Å². The Hall–Kier alpha value is -3.33. The van der Waals surface area contributed by atoms with Crippen LogP contribution in [0.15, 0.2) is 109 Å². The summed E-state index contributed by atoms with van der Waals surface area (Å²) in [5, 5.41) is 9.32. The first-order valence-corrected chi connectivity index (χ1v) is 10.5. The van der Waals surface area contributed by atoms with E-state index in [0.717, 1.165) is 36.2 Å². The lowest BCUT2D eigenvalue weighted by Gasteiger charge is -2.45. The summed E-state index contributed by atoms with van der Waals surface area (Å²) in [4.78, 5) is 2.09. The van der Waals surface area contributed by atoms with Gasteiger partial charge < -0.3 is 10.0 Å². The quantitative estimate of drug-likeness (QED) is 0.364. The van der Waals surface area contributed by atoms with Crippen LogP contribution in [0.4, 0.5) is 10.1 Å². The molecule has 31 heavy (non-hydrogen) atoms. The highest BCUT2D eigenvalue weighted by atomic mass is 19.1. The van der Waals surface area contributed by atoms with Crippen molar-refractivity contribution in [3.8, 4) is 5.75 Å². The summed E-state index contributed by atoms with van der Waals surface area (Å²) >= 11 is 0. The van der Waals surface area contributed by atoms with Crippen molar-refractivity contribution in [3.05, 3.63) is 121 Å². The molecule has 1 N–H and O–H groups in total. The Morgan fingerprint density at radius 2 is 1.81 bits per heavy atom. The highest BCUT2D eigenvalue weighted by molar-refractivity contribution is 5.59. The number of nitrogens with zero attached hydrogens (tertiary/aromatic N) is 1. The fourth-order valence-corrected chi connectivity index (χ4v) is 3.25. The third-order valence-electron chi connectivity index (χ3n) is 5.13. The number of rotatable bonds is 7. The first kappa shape index (κ1) is 23.9. The van der Waals surface area contributed by atoms with Gasteiger partial charge >= 0.3 is 0 Å². The molecule has 2 aromatic rings. The van der Waals surface area contributed by atoms with Crippen LogP contribution < -0.4 is 4.90 Å². The van der Waals surface area contributed by atoms with E-state index in [2.05, 4.69) is 50.6 Å². The Balaban J connectivity index is 0.000000248. The predicted molar refractivity (Wildman–Crippen MR) is 131 cm³/mol. The van der Waals surface area contributed by atoms with Gasteiger partial charge in [0.2, 0.25) is 0 Å². The second-order valence-electron chi connectivity index (χ2n) is 7.58. The molecule has 1 aliphatic rings. The number of hydrogen-bond acceptors (Lipinski definition) is 2. The molecule has 3 heteroatoms. The molecule has 1 fully saturated rings. The highest BCUT2D eigenvalue weighted by Crippen LogP contribution is 2.44. The van der Waals surface area contributed by atoms with E-state index < -0.39 is 0 Å². The summed E-state index contributed by atoms with van der Waals surface area (Å²) in [7, 11) is 0. The molecule has 1 unspecified atom stereocenters. The van der Waals surface area contributed by atoms with Crippen LogP contribution in [0.5, 0.6) is 5.75 Å². The molecular formula is C28H32FNO. The van der Waals surface area contributed by atoms with Gasteiger partial charge in [0.15, 0.2) is 0 Å². The van der Waals surface area contributed by atoms with Gasteiger partial charge in [-0.15, -0.1) is 0 Å². The number of phenolic OH excluding ortho intramolecular Hbond substituents is 1. The lowest BCUT2D eigenvalue weighted by molar-refractivity contribution is 0.474. The normalized spacial score (nSPS) is 15.8. The van der Waals surface area contributed by atoms with Gasteiger partial charge in [0, 0.05) is 17.8 Å². The van der Waals surface area contributed by atoms with Gasteiger partial charge in [0.1, 0.15) is 11.6 Å². The van der Waals surface area contributed by atoms with Crippen molar-refractivity contribution >= 4 is 5.69 Å². The Morgan fingerprint density at radius 1 is 1.16 bits per heavy atom. The zero-order chi connectivity index (χ0) is 22.8. The van der Waals surface area contributed by atoms with Crippen LogP contribution in [0.25, 0.3) is 0 Å². The topological polar surface area (TPSA) is 23.5 Å². The van der Waals surface area contributed by atoms with Crippen molar-refractivity contribution in [2.45, 2.75) is 39.2 Å². The first-order chi connectivity index (χ1) is 14.8. The smallest absolute Gasteiger partial charge is 0.123 e. The van der Waals surface area contributed by atoms with Crippen LogP contribution >= 0.6 is 0 Å². The summed E-state index contributed by atoms with van der Waals surface area (Å²) in [5.41, 5.74) is 5.58. The number of phenols is 1. The largest absolute Gasteiger partial charge is 0.508 e. The highest BCUT2D eigenvalue weighted by Gasteiger charge is 2.33. The maximum Gasteiger partial charge on any atom is 0.123 e. The molecule has 0 aromatic heterocycles. The standard InChI is InChI=1S/C16H14FNO.C12H18/c1-11-10-16(12-2-8-15(19)9-3-12)18(11)14-6-4-13(17)5-7-14;1-5-8-12(4)10-7-9-11(3)6-2/h2-9,16,19H,1,10H2;5,7-8,10H,1,3,6,9H2,2,4H3/b;10-7-,12-8-. The first-order valence-electron chi connectivity index (χ1n) is 10.5. The van der Waals surface area contributed by atoms with E-state index in [9.17, 15) is 9.50 Å². The Kier molecular flexibility index (Phi) is 9.08. The lowest BCUT2D eigenvalue weighted by atomic mass is 9.91. The maximum absolute atomic E-state index is 13.0. The number of hydrogen-bond donors (Lipinski definition) is 1.